The Morgan fingerprint density at radius 1 is 1.38 bits per heavy atom. The highest BCUT2D eigenvalue weighted by Crippen LogP contribution is 2.19. The zero-order valence-corrected chi connectivity index (χ0v) is 7.49. The maximum atomic E-state index is 9.17. The maximum Gasteiger partial charge on any atom is 0.116 e. The molecule has 0 aliphatic rings. The summed E-state index contributed by atoms with van der Waals surface area (Å²) in [5, 5.41) is 18.2. The van der Waals surface area contributed by atoms with Gasteiger partial charge in [0.1, 0.15) is 5.75 Å². The van der Waals surface area contributed by atoms with Crippen LogP contribution in [0.3, 0.4) is 0 Å². The molecular formula is C11H12O2. The van der Waals surface area contributed by atoms with E-state index in [2.05, 4.69) is 6.58 Å². The summed E-state index contributed by atoms with van der Waals surface area (Å²) in [5.41, 5.74) is 1.64. The summed E-state index contributed by atoms with van der Waals surface area (Å²) in [7, 11) is 0. The second-order valence-corrected chi connectivity index (χ2v) is 2.80. The predicted molar refractivity (Wildman–Crippen MR) is 54.5 cm³/mol. The van der Waals surface area contributed by atoms with Gasteiger partial charge in [-0.05, 0) is 36.3 Å². The van der Waals surface area contributed by atoms with Crippen LogP contribution in [0.25, 0.3) is 12.2 Å². The Morgan fingerprint density at radius 2 is 2.08 bits per heavy atom. The fourth-order valence-electron chi connectivity index (χ4n) is 1.10. The van der Waals surface area contributed by atoms with Crippen LogP contribution in [0.5, 0.6) is 5.75 Å². The first-order valence-electron chi connectivity index (χ1n) is 3.96. The number of rotatable bonds is 2. The summed E-state index contributed by atoms with van der Waals surface area (Å²) in [5.74, 6) is 0.427. The minimum Gasteiger partial charge on any atom is -0.513 e. The molecule has 2 N–H and O–H groups in total. The third kappa shape index (κ3) is 2.37. The van der Waals surface area contributed by atoms with E-state index < -0.39 is 0 Å². The monoisotopic (exact) mass is 176 g/mol. The number of hydrogen-bond donors (Lipinski definition) is 2. The van der Waals surface area contributed by atoms with E-state index in [1.165, 1.54) is 0 Å². The molecule has 0 radical (unpaired) electrons. The van der Waals surface area contributed by atoms with Crippen molar-refractivity contribution < 1.29 is 10.2 Å². The zero-order chi connectivity index (χ0) is 9.84. The Balaban J connectivity index is 3.21. The summed E-state index contributed by atoms with van der Waals surface area (Å²) < 4.78 is 0. The van der Waals surface area contributed by atoms with E-state index in [4.69, 9.17) is 5.11 Å². The number of hydrogen-bond acceptors (Lipinski definition) is 2. The lowest BCUT2D eigenvalue weighted by Crippen LogP contribution is -1.81. The fourth-order valence-corrected chi connectivity index (χ4v) is 1.10. The van der Waals surface area contributed by atoms with E-state index in [1.54, 1.807) is 37.3 Å². The third-order valence-electron chi connectivity index (χ3n) is 1.65. The van der Waals surface area contributed by atoms with E-state index in [9.17, 15) is 5.11 Å². The normalized spacial score (nSPS) is 11.3. The van der Waals surface area contributed by atoms with Crippen LogP contribution in [0, 0.1) is 0 Å². The van der Waals surface area contributed by atoms with Gasteiger partial charge in [-0.1, -0.05) is 18.7 Å². The van der Waals surface area contributed by atoms with Crippen LogP contribution >= 0.6 is 0 Å². The van der Waals surface area contributed by atoms with Crippen molar-refractivity contribution in [3.05, 3.63) is 41.7 Å². The topological polar surface area (TPSA) is 40.5 Å². The van der Waals surface area contributed by atoms with E-state index in [-0.39, 0.29) is 11.5 Å². The lowest BCUT2D eigenvalue weighted by Gasteiger charge is -2.01. The van der Waals surface area contributed by atoms with Crippen LogP contribution in [0.4, 0.5) is 0 Å². The van der Waals surface area contributed by atoms with E-state index in [0.29, 0.717) is 0 Å². The van der Waals surface area contributed by atoms with Crippen molar-refractivity contribution in [2.75, 3.05) is 0 Å². The van der Waals surface area contributed by atoms with Crippen molar-refractivity contribution in [3.8, 4) is 5.75 Å². The second kappa shape index (κ2) is 3.81. The van der Waals surface area contributed by atoms with Crippen LogP contribution in [0.1, 0.15) is 18.1 Å². The van der Waals surface area contributed by atoms with Crippen molar-refractivity contribution in [1.82, 2.24) is 0 Å². The van der Waals surface area contributed by atoms with Crippen molar-refractivity contribution >= 4 is 12.2 Å². The van der Waals surface area contributed by atoms with Gasteiger partial charge < -0.3 is 10.2 Å². The summed E-state index contributed by atoms with van der Waals surface area (Å²) >= 11 is 0. The van der Waals surface area contributed by atoms with Gasteiger partial charge in [-0.3, -0.25) is 0 Å². The second-order valence-electron chi connectivity index (χ2n) is 2.80. The summed E-state index contributed by atoms with van der Waals surface area (Å²) in [6.07, 6.45) is 3.25. The van der Waals surface area contributed by atoms with Gasteiger partial charge in [0.15, 0.2) is 0 Å². The molecule has 2 nitrogen and oxygen atoms in total. The number of allylic oxidation sites excluding steroid dienone is 1. The van der Waals surface area contributed by atoms with Crippen molar-refractivity contribution in [3.63, 3.8) is 0 Å². The highest BCUT2D eigenvalue weighted by molar-refractivity contribution is 5.66. The molecule has 0 saturated carbocycles. The standard InChI is InChI=1S/C11H12O2/c1-3-9-7-11(13)5-4-10(9)6-8(2)12/h3-7,12-13H,1H2,2H3/b8-6+. The van der Waals surface area contributed by atoms with Gasteiger partial charge in [-0.2, -0.15) is 0 Å². The van der Waals surface area contributed by atoms with Gasteiger partial charge in [-0.15, -0.1) is 0 Å². The van der Waals surface area contributed by atoms with E-state index in [1.807, 2.05) is 0 Å². The van der Waals surface area contributed by atoms with Gasteiger partial charge in [0.05, 0.1) is 5.76 Å². The zero-order valence-electron chi connectivity index (χ0n) is 7.49. The molecule has 1 rings (SSSR count). The molecule has 0 heterocycles. The molecule has 0 amide bonds. The van der Waals surface area contributed by atoms with Crippen molar-refractivity contribution in [2.24, 2.45) is 0 Å². The molecule has 0 aliphatic carbocycles. The number of aliphatic hydroxyl groups excluding tert-OH is 1. The molecule has 0 saturated heterocycles. The molecule has 0 aromatic heterocycles. The Kier molecular flexibility index (Phi) is 2.75. The highest BCUT2D eigenvalue weighted by atomic mass is 16.3. The lowest BCUT2D eigenvalue weighted by atomic mass is 10.1. The molecule has 13 heavy (non-hydrogen) atoms. The van der Waals surface area contributed by atoms with Gasteiger partial charge in [0.2, 0.25) is 0 Å². The summed E-state index contributed by atoms with van der Waals surface area (Å²) in [6, 6.07) is 4.90. The Labute approximate surface area is 77.5 Å². The van der Waals surface area contributed by atoms with Crippen molar-refractivity contribution in [1.29, 1.82) is 0 Å². The van der Waals surface area contributed by atoms with E-state index >= 15 is 0 Å². The Hall–Kier alpha value is -1.70. The molecule has 1 aromatic rings. The first-order chi connectivity index (χ1) is 6.13. The van der Waals surface area contributed by atoms with Gasteiger partial charge in [-0.25, -0.2) is 0 Å². The highest BCUT2D eigenvalue weighted by Gasteiger charge is 1.97. The smallest absolute Gasteiger partial charge is 0.116 e. The van der Waals surface area contributed by atoms with E-state index in [0.717, 1.165) is 11.1 Å². The average molecular weight is 176 g/mol. The molecule has 0 fully saturated rings. The maximum absolute atomic E-state index is 9.17. The molecule has 0 unspecified atom stereocenters. The van der Waals surface area contributed by atoms with Crippen molar-refractivity contribution in [2.45, 2.75) is 6.92 Å². The molecule has 0 atom stereocenters. The Bertz CT molecular complexity index is 347. The number of benzene rings is 1. The number of aromatic hydroxyl groups is 1. The predicted octanol–water partition coefficient (Wildman–Crippen LogP) is 2.95. The van der Waals surface area contributed by atoms with Gasteiger partial charge >= 0.3 is 0 Å². The molecule has 0 bridgehead atoms. The average Bonchev–Trinajstić information content (AvgIpc) is 2.07. The molecule has 68 valence electrons. The molecule has 2 heteroatoms. The quantitative estimate of drug-likeness (QED) is 0.680. The van der Waals surface area contributed by atoms with Gasteiger partial charge in [0.25, 0.3) is 0 Å². The van der Waals surface area contributed by atoms with Gasteiger partial charge in [0, 0.05) is 0 Å². The van der Waals surface area contributed by atoms with Crippen LogP contribution in [-0.4, -0.2) is 10.2 Å². The minimum absolute atomic E-state index is 0.197. The molecule has 0 aliphatic heterocycles. The first-order valence-corrected chi connectivity index (χ1v) is 3.96. The molecular weight excluding hydrogens is 164 g/mol. The fraction of sp³-hybridized carbons (Fsp3) is 0.0909. The third-order valence-corrected chi connectivity index (χ3v) is 1.65. The largest absolute Gasteiger partial charge is 0.513 e. The van der Waals surface area contributed by atoms with Crippen LogP contribution in [0.15, 0.2) is 30.5 Å². The number of phenols is 1. The van der Waals surface area contributed by atoms with Crippen LogP contribution < -0.4 is 0 Å². The summed E-state index contributed by atoms with van der Waals surface area (Å²) in [4.78, 5) is 0. The van der Waals surface area contributed by atoms with Crippen LogP contribution in [0.2, 0.25) is 0 Å². The minimum atomic E-state index is 0.197. The lowest BCUT2D eigenvalue weighted by molar-refractivity contribution is 0.420. The first kappa shape index (κ1) is 9.39. The number of phenolic OH excluding ortho intramolecular Hbond substituents is 1. The SMILES string of the molecule is C=Cc1cc(O)ccc1/C=C(\C)O. The Morgan fingerprint density at radius 3 is 2.62 bits per heavy atom. The molecule has 0 spiro atoms. The summed E-state index contributed by atoms with van der Waals surface area (Å²) in [6.45, 7) is 5.21. The van der Waals surface area contributed by atoms with Crippen LogP contribution in [-0.2, 0) is 0 Å². The number of aliphatic hydroxyl groups is 1. The molecule has 1 aromatic carbocycles.